The number of hydrogen-bond donors (Lipinski definition) is 3. The Morgan fingerprint density at radius 3 is 3.06 bits per heavy atom. The zero-order chi connectivity index (χ0) is 12.0. The monoisotopic (exact) mass is 336 g/mol. The van der Waals surface area contributed by atoms with E-state index in [1.54, 1.807) is 0 Å². The van der Waals surface area contributed by atoms with E-state index in [0.29, 0.717) is 28.9 Å². The number of hydrogen-bond acceptors (Lipinski definition) is 4. The molecule has 0 saturated heterocycles. The second kappa shape index (κ2) is 6.46. The number of H-pyrrole nitrogens is 1. The van der Waals surface area contributed by atoms with Gasteiger partial charge in [0.15, 0.2) is 0 Å². The highest BCUT2D eigenvalue weighted by Crippen LogP contribution is 2.08. The van der Waals surface area contributed by atoms with E-state index in [-0.39, 0.29) is 11.5 Å². The average Bonchev–Trinajstić information content (AvgIpc) is 2.25. The molecule has 16 heavy (non-hydrogen) atoms. The summed E-state index contributed by atoms with van der Waals surface area (Å²) in [6, 6.07) is 0. The van der Waals surface area contributed by atoms with Crippen LogP contribution < -0.4 is 16.2 Å². The molecule has 0 aliphatic rings. The number of nitrogens with zero attached hydrogens (tertiary/aromatic N) is 1. The van der Waals surface area contributed by atoms with Crippen molar-refractivity contribution in [3.05, 3.63) is 20.3 Å². The van der Waals surface area contributed by atoms with E-state index in [4.69, 9.17) is 0 Å². The SMILES string of the molecule is CCNC(=O)CCNc1nc[nH]c(=O)c1I. The highest BCUT2D eigenvalue weighted by atomic mass is 127. The van der Waals surface area contributed by atoms with Crippen LogP contribution in [0.2, 0.25) is 0 Å². The summed E-state index contributed by atoms with van der Waals surface area (Å²) in [6.07, 6.45) is 1.69. The first-order valence-corrected chi connectivity index (χ1v) is 5.96. The smallest absolute Gasteiger partial charge is 0.266 e. The number of aromatic nitrogens is 2. The molecule has 1 heterocycles. The third kappa shape index (κ3) is 3.80. The summed E-state index contributed by atoms with van der Waals surface area (Å²) in [4.78, 5) is 28.8. The molecular weight excluding hydrogens is 323 g/mol. The molecule has 88 valence electrons. The number of carbonyl (C=O) groups is 1. The standard InChI is InChI=1S/C9H13IN4O2/c1-2-11-6(15)3-4-12-8-7(10)9(16)14-5-13-8/h5H,2-4H2,1H3,(H,11,15)(H2,12,13,14,16). The van der Waals surface area contributed by atoms with E-state index in [9.17, 15) is 9.59 Å². The summed E-state index contributed by atoms with van der Waals surface area (Å²) in [5.41, 5.74) is -0.184. The Bertz CT molecular complexity index is 418. The van der Waals surface area contributed by atoms with Crippen molar-refractivity contribution >= 4 is 34.3 Å². The van der Waals surface area contributed by atoms with Crippen LogP contribution in [-0.4, -0.2) is 29.0 Å². The van der Waals surface area contributed by atoms with Crippen LogP contribution in [0.25, 0.3) is 0 Å². The van der Waals surface area contributed by atoms with Crippen LogP contribution in [0, 0.1) is 3.57 Å². The van der Waals surface area contributed by atoms with Gasteiger partial charge in [-0.25, -0.2) is 4.98 Å². The Hall–Kier alpha value is -1.12. The van der Waals surface area contributed by atoms with Crippen LogP contribution >= 0.6 is 22.6 Å². The third-order valence-corrected chi connectivity index (χ3v) is 2.82. The maximum Gasteiger partial charge on any atom is 0.266 e. The Morgan fingerprint density at radius 1 is 1.62 bits per heavy atom. The van der Waals surface area contributed by atoms with Gasteiger partial charge >= 0.3 is 0 Å². The summed E-state index contributed by atoms with van der Waals surface area (Å²) < 4.78 is 0.496. The largest absolute Gasteiger partial charge is 0.368 e. The number of aromatic amines is 1. The number of nitrogens with one attached hydrogen (secondary N) is 3. The summed E-state index contributed by atoms with van der Waals surface area (Å²) in [7, 11) is 0. The van der Waals surface area contributed by atoms with Crippen molar-refractivity contribution in [2.45, 2.75) is 13.3 Å². The first kappa shape index (κ1) is 12.9. The highest BCUT2D eigenvalue weighted by molar-refractivity contribution is 14.1. The van der Waals surface area contributed by atoms with Gasteiger partial charge in [0.25, 0.3) is 5.56 Å². The predicted molar refractivity (Wildman–Crippen MR) is 69.4 cm³/mol. The molecule has 0 fully saturated rings. The van der Waals surface area contributed by atoms with E-state index < -0.39 is 0 Å². The van der Waals surface area contributed by atoms with Crippen molar-refractivity contribution in [3.8, 4) is 0 Å². The zero-order valence-electron chi connectivity index (χ0n) is 8.84. The highest BCUT2D eigenvalue weighted by Gasteiger charge is 2.05. The lowest BCUT2D eigenvalue weighted by Crippen LogP contribution is -2.25. The second-order valence-electron chi connectivity index (χ2n) is 3.02. The normalized spacial score (nSPS) is 9.88. The van der Waals surface area contributed by atoms with E-state index in [0.717, 1.165) is 0 Å². The number of amides is 1. The van der Waals surface area contributed by atoms with Gasteiger partial charge in [0, 0.05) is 19.5 Å². The lowest BCUT2D eigenvalue weighted by molar-refractivity contribution is -0.120. The van der Waals surface area contributed by atoms with Crippen LogP contribution in [0.1, 0.15) is 13.3 Å². The Morgan fingerprint density at radius 2 is 2.38 bits per heavy atom. The van der Waals surface area contributed by atoms with Crippen LogP contribution in [0.3, 0.4) is 0 Å². The third-order valence-electron chi connectivity index (χ3n) is 1.82. The number of carbonyl (C=O) groups excluding carboxylic acids is 1. The fraction of sp³-hybridized carbons (Fsp3) is 0.444. The van der Waals surface area contributed by atoms with E-state index >= 15 is 0 Å². The van der Waals surface area contributed by atoms with Crippen LogP contribution in [0.4, 0.5) is 5.82 Å². The van der Waals surface area contributed by atoms with Gasteiger partial charge in [-0.3, -0.25) is 9.59 Å². The molecule has 0 unspecified atom stereocenters. The molecule has 0 aliphatic carbocycles. The van der Waals surface area contributed by atoms with Crippen molar-refractivity contribution in [1.82, 2.24) is 15.3 Å². The minimum Gasteiger partial charge on any atom is -0.368 e. The summed E-state index contributed by atoms with van der Waals surface area (Å²) in [5.74, 6) is 0.489. The lowest BCUT2D eigenvalue weighted by Gasteiger charge is -2.06. The lowest BCUT2D eigenvalue weighted by atomic mass is 10.4. The molecule has 6 nitrogen and oxygen atoms in total. The minimum absolute atomic E-state index is 0.0187. The minimum atomic E-state index is -0.184. The molecule has 0 saturated carbocycles. The van der Waals surface area contributed by atoms with Gasteiger partial charge in [-0.1, -0.05) is 0 Å². The van der Waals surface area contributed by atoms with Crippen molar-refractivity contribution in [1.29, 1.82) is 0 Å². The summed E-state index contributed by atoms with van der Waals surface area (Å²) in [5, 5.41) is 5.63. The summed E-state index contributed by atoms with van der Waals surface area (Å²) >= 11 is 1.91. The molecule has 0 bridgehead atoms. The van der Waals surface area contributed by atoms with Gasteiger partial charge in [-0.15, -0.1) is 0 Å². The van der Waals surface area contributed by atoms with Gasteiger partial charge in [0.2, 0.25) is 5.91 Å². The molecule has 0 radical (unpaired) electrons. The molecule has 1 amide bonds. The van der Waals surface area contributed by atoms with Gasteiger partial charge in [-0.05, 0) is 29.5 Å². The van der Waals surface area contributed by atoms with E-state index in [2.05, 4.69) is 20.6 Å². The maximum atomic E-state index is 11.2. The van der Waals surface area contributed by atoms with Crippen molar-refractivity contribution < 1.29 is 4.79 Å². The molecular formula is C9H13IN4O2. The molecule has 0 aromatic carbocycles. The number of anilines is 1. The second-order valence-corrected chi connectivity index (χ2v) is 4.10. The first-order valence-electron chi connectivity index (χ1n) is 4.89. The van der Waals surface area contributed by atoms with Crippen LogP contribution in [0.5, 0.6) is 0 Å². The van der Waals surface area contributed by atoms with Crippen LogP contribution in [0.15, 0.2) is 11.1 Å². The number of halogens is 1. The Balaban J connectivity index is 2.46. The molecule has 7 heteroatoms. The molecule has 0 spiro atoms. The van der Waals surface area contributed by atoms with Crippen LogP contribution in [-0.2, 0) is 4.79 Å². The zero-order valence-corrected chi connectivity index (χ0v) is 11.0. The molecule has 1 aromatic rings. The Kier molecular flexibility index (Phi) is 5.23. The average molecular weight is 336 g/mol. The molecule has 1 aromatic heterocycles. The van der Waals surface area contributed by atoms with Crippen molar-refractivity contribution in [2.75, 3.05) is 18.4 Å². The predicted octanol–water partition coefficient (Wildman–Crippen LogP) is 0.313. The topological polar surface area (TPSA) is 86.9 Å². The van der Waals surface area contributed by atoms with Gasteiger partial charge in [-0.2, -0.15) is 0 Å². The summed E-state index contributed by atoms with van der Waals surface area (Å²) in [6.45, 7) is 2.95. The fourth-order valence-corrected chi connectivity index (χ4v) is 1.57. The van der Waals surface area contributed by atoms with Gasteiger partial charge in [0.1, 0.15) is 9.39 Å². The number of rotatable bonds is 5. The Labute approximate surface area is 106 Å². The van der Waals surface area contributed by atoms with E-state index in [1.807, 2.05) is 29.5 Å². The van der Waals surface area contributed by atoms with Crippen molar-refractivity contribution in [3.63, 3.8) is 0 Å². The fourth-order valence-electron chi connectivity index (χ4n) is 1.09. The van der Waals surface area contributed by atoms with E-state index in [1.165, 1.54) is 6.33 Å². The molecule has 1 rings (SSSR count). The molecule has 3 N–H and O–H groups in total. The molecule has 0 atom stereocenters. The molecule has 0 aliphatic heterocycles. The first-order chi connectivity index (χ1) is 7.65. The maximum absolute atomic E-state index is 11.2. The van der Waals surface area contributed by atoms with Gasteiger partial charge in [0.05, 0.1) is 6.33 Å². The van der Waals surface area contributed by atoms with Gasteiger partial charge < -0.3 is 15.6 Å². The quantitative estimate of drug-likeness (QED) is 0.676. The van der Waals surface area contributed by atoms with Crippen molar-refractivity contribution in [2.24, 2.45) is 0 Å².